The van der Waals surface area contributed by atoms with Crippen molar-refractivity contribution in [3.05, 3.63) is 30.1 Å². The highest BCUT2D eigenvalue weighted by atomic mass is 127. The zero-order valence-electron chi connectivity index (χ0n) is 11.9. The van der Waals surface area contributed by atoms with Crippen molar-refractivity contribution in [2.45, 2.75) is 19.3 Å². The highest BCUT2D eigenvalue weighted by Gasteiger charge is 2.28. The van der Waals surface area contributed by atoms with Crippen LogP contribution in [0, 0.1) is 5.92 Å². The summed E-state index contributed by atoms with van der Waals surface area (Å²) in [7, 11) is 0. The van der Waals surface area contributed by atoms with Crippen molar-refractivity contribution in [1.82, 2.24) is 15.6 Å². The van der Waals surface area contributed by atoms with Gasteiger partial charge in [0.15, 0.2) is 5.96 Å². The highest BCUT2D eigenvalue weighted by molar-refractivity contribution is 14.0. The van der Waals surface area contributed by atoms with Crippen LogP contribution in [-0.4, -0.2) is 36.5 Å². The van der Waals surface area contributed by atoms with Gasteiger partial charge in [-0.1, -0.05) is 6.07 Å². The Bertz CT molecular complexity index is 462. The van der Waals surface area contributed by atoms with Crippen LogP contribution in [-0.2, 0) is 11.2 Å². The van der Waals surface area contributed by atoms with Crippen LogP contribution in [0.1, 0.15) is 18.5 Å². The third kappa shape index (κ3) is 7.26. The van der Waals surface area contributed by atoms with Crippen LogP contribution >= 0.6 is 24.0 Å². The van der Waals surface area contributed by atoms with Gasteiger partial charge in [0.2, 0.25) is 5.91 Å². The molecule has 1 aromatic rings. The van der Waals surface area contributed by atoms with E-state index in [1.807, 2.05) is 18.2 Å². The normalized spacial score (nSPS) is 14.2. The summed E-state index contributed by atoms with van der Waals surface area (Å²) in [5.74, 6) is 0.804. The largest absolute Gasteiger partial charge is 0.370 e. The maximum atomic E-state index is 11.4. The number of carbonyl (C=O) groups is 1. The van der Waals surface area contributed by atoms with Crippen molar-refractivity contribution in [1.29, 1.82) is 0 Å². The van der Waals surface area contributed by atoms with E-state index >= 15 is 0 Å². The van der Waals surface area contributed by atoms with Crippen LogP contribution in [0.4, 0.5) is 0 Å². The molecule has 1 aliphatic carbocycles. The van der Waals surface area contributed by atoms with Gasteiger partial charge < -0.3 is 16.4 Å². The van der Waals surface area contributed by atoms with E-state index in [9.17, 15) is 4.79 Å². The minimum absolute atomic E-state index is 0. The third-order valence-corrected chi connectivity index (χ3v) is 3.05. The zero-order valence-corrected chi connectivity index (χ0v) is 14.2. The molecule has 0 aliphatic heterocycles. The maximum Gasteiger partial charge on any atom is 0.223 e. The number of amides is 1. The average Bonchev–Trinajstić information content (AvgIpc) is 3.29. The van der Waals surface area contributed by atoms with Gasteiger partial charge in [-0.2, -0.15) is 0 Å². The van der Waals surface area contributed by atoms with E-state index in [1.54, 1.807) is 6.20 Å². The van der Waals surface area contributed by atoms with Crippen molar-refractivity contribution in [3.63, 3.8) is 0 Å². The quantitative estimate of drug-likeness (QED) is 0.270. The average molecular weight is 403 g/mol. The number of aliphatic imine (C=N–C) groups is 1. The molecule has 0 aromatic carbocycles. The summed E-state index contributed by atoms with van der Waals surface area (Å²) >= 11 is 0. The number of rotatable bonds is 7. The number of nitrogens with one attached hydrogen (secondary N) is 2. The van der Waals surface area contributed by atoms with Gasteiger partial charge in [0.1, 0.15) is 0 Å². The fourth-order valence-corrected chi connectivity index (χ4v) is 1.76. The van der Waals surface area contributed by atoms with Crippen molar-refractivity contribution in [3.8, 4) is 0 Å². The molecule has 1 aliphatic rings. The van der Waals surface area contributed by atoms with Gasteiger partial charge >= 0.3 is 0 Å². The lowest BCUT2D eigenvalue weighted by Crippen LogP contribution is -2.38. The summed E-state index contributed by atoms with van der Waals surface area (Å²) in [6.45, 7) is 1.77. The number of hydrogen-bond donors (Lipinski definition) is 3. The second-order valence-electron chi connectivity index (χ2n) is 4.83. The van der Waals surface area contributed by atoms with Gasteiger partial charge in [0, 0.05) is 43.9 Å². The van der Waals surface area contributed by atoms with Crippen LogP contribution in [0.15, 0.2) is 29.4 Å². The number of halogens is 1. The first-order chi connectivity index (χ1) is 9.75. The Balaban J connectivity index is 0.00000220. The lowest BCUT2D eigenvalue weighted by molar-refractivity contribution is -0.122. The second kappa shape index (κ2) is 9.54. The molecule has 2 rings (SSSR count). The molecule has 0 saturated heterocycles. The smallest absolute Gasteiger partial charge is 0.223 e. The Morgan fingerprint density at radius 3 is 2.76 bits per heavy atom. The lowest BCUT2D eigenvalue weighted by atomic mass is 10.3. The third-order valence-electron chi connectivity index (χ3n) is 3.05. The van der Waals surface area contributed by atoms with E-state index in [0.717, 1.165) is 25.0 Å². The number of guanidine groups is 1. The number of carbonyl (C=O) groups excluding carboxylic acids is 1. The number of nitrogens with zero attached hydrogens (tertiary/aromatic N) is 2. The SMILES string of the molecule is I.NC(=NCCc1ccccn1)NCCNC(=O)C1CC1. The molecule has 1 saturated carbocycles. The summed E-state index contributed by atoms with van der Waals surface area (Å²) in [6, 6.07) is 5.81. The van der Waals surface area contributed by atoms with Gasteiger partial charge in [0.25, 0.3) is 0 Å². The summed E-state index contributed by atoms with van der Waals surface area (Å²) in [5, 5.41) is 5.84. The van der Waals surface area contributed by atoms with E-state index in [4.69, 9.17) is 5.73 Å². The predicted molar refractivity (Wildman–Crippen MR) is 93.6 cm³/mol. The van der Waals surface area contributed by atoms with Crippen LogP contribution in [0.25, 0.3) is 0 Å². The van der Waals surface area contributed by atoms with Gasteiger partial charge in [-0.15, -0.1) is 24.0 Å². The molecule has 7 heteroatoms. The van der Waals surface area contributed by atoms with Crippen LogP contribution in [0.2, 0.25) is 0 Å². The molecular formula is C14H22IN5O. The van der Waals surface area contributed by atoms with Gasteiger partial charge in [-0.25, -0.2) is 0 Å². The van der Waals surface area contributed by atoms with Crippen molar-refractivity contribution in [2.24, 2.45) is 16.6 Å². The summed E-state index contributed by atoms with van der Waals surface area (Å²) < 4.78 is 0. The van der Waals surface area contributed by atoms with E-state index < -0.39 is 0 Å². The van der Waals surface area contributed by atoms with Gasteiger partial charge in [-0.3, -0.25) is 14.8 Å². The standard InChI is InChI=1S/C14H21N5O.HI/c15-14(18-8-6-12-3-1-2-7-16-12)19-10-9-17-13(20)11-4-5-11;/h1-3,7,11H,4-6,8-10H2,(H,17,20)(H3,15,18,19);1H. The molecular weight excluding hydrogens is 381 g/mol. The number of aromatic nitrogens is 1. The van der Waals surface area contributed by atoms with E-state index in [2.05, 4.69) is 20.6 Å². The van der Waals surface area contributed by atoms with E-state index in [0.29, 0.717) is 25.6 Å². The summed E-state index contributed by atoms with van der Waals surface area (Å²) in [6.07, 6.45) is 4.58. The molecule has 0 atom stereocenters. The Hall–Kier alpha value is -1.38. The molecule has 0 unspecified atom stereocenters. The fourth-order valence-electron chi connectivity index (χ4n) is 1.76. The minimum Gasteiger partial charge on any atom is -0.370 e. The first kappa shape index (κ1) is 17.7. The topological polar surface area (TPSA) is 92.4 Å². The molecule has 21 heavy (non-hydrogen) atoms. The van der Waals surface area contributed by atoms with Crippen LogP contribution < -0.4 is 16.4 Å². The molecule has 0 spiro atoms. The fraction of sp³-hybridized carbons (Fsp3) is 0.500. The van der Waals surface area contributed by atoms with E-state index in [-0.39, 0.29) is 35.8 Å². The Morgan fingerprint density at radius 1 is 1.33 bits per heavy atom. The Morgan fingerprint density at radius 2 is 2.10 bits per heavy atom. The molecule has 0 radical (unpaired) electrons. The molecule has 1 fully saturated rings. The lowest BCUT2D eigenvalue weighted by Gasteiger charge is -2.07. The first-order valence-electron chi connectivity index (χ1n) is 6.97. The molecule has 6 nitrogen and oxygen atoms in total. The predicted octanol–water partition coefficient (Wildman–Crippen LogP) is 0.673. The van der Waals surface area contributed by atoms with Gasteiger partial charge in [0.05, 0.1) is 0 Å². The minimum atomic E-state index is 0. The molecule has 4 N–H and O–H groups in total. The molecule has 1 heterocycles. The van der Waals surface area contributed by atoms with E-state index in [1.165, 1.54) is 0 Å². The highest BCUT2D eigenvalue weighted by Crippen LogP contribution is 2.28. The van der Waals surface area contributed by atoms with Crippen molar-refractivity contribution >= 4 is 35.8 Å². The molecule has 0 bridgehead atoms. The monoisotopic (exact) mass is 403 g/mol. The van der Waals surface area contributed by atoms with Crippen molar-refractivity contribution < 1.29 is 4.79 Å². The Kier molecular flexibility index (Phi) is 8.03. The Labute approximate surface area is 142 Å². The van der Waals surface area contributed by atoms with Gasteiger partial charge in [-0.05, 0) is 25.0 Å². The molecule has 1 aromatic heterocycles. The maximum absolute atomic E-state index is 11.4. The number of nitrogens with two attached hydrogens (primary N) is 1. The summed E-state index contributed by atoms with van der Waals surface area (Å²) in [4.78, 5) is 19.8. The second-order valence-corrected chi connectivity index (χ2v) is 4.83. The molecule has 1 amide bonds. The zero-order chi connectivity index (χ0) is 14.2. The van der Waals surface area contributed by atoms with Crippen molar-refractivity contribution in [2.75, 3.05) is 19.6 Å². The number of hydrogen-bond acceptors (Lipinski definition) is 3. The number of pyridine rings is 1. The summed E-state index contributed by atoms with van der Waals surface area (Å²) in [5.41, 5.74) is 6.73. The molecule has 116 valence electrons. The first-order valence-corrected chi connectivity index (χ1v) is 6.97. The van der Waals surface area contributed by atoms with Crippen LogP contribution in [0.5, 0.6) is 0 Å². The van der Waals surface area contributed by atoms with Crippen LogP contribution in [0.3, 0.4) is 0 Å².